The summed E-state index contributed by atoms with van der Waals surface area (Å²) in [4.78, 5) is 25.1. The van der Waals surface area contributed by atoms with Crippen LogP contribution in [0.2, 0.25) is 0 Å². The van der Waals surface area contributed by atoms with Gasteiger partial charge in [-0.05, 0) is 57.6 Å². The van der Waals surface area contributed by atoms with E-state index in [0.29, 0.717) is 12.8 Å². The van der Waals surface area contributed by atoms with Crippen LogP contribution in [0.25, 0.3) is 0 Å². The van der Waals surface area contributed by atoms with Crippen LogP contribution >= 0.6 is 0 Å². The molecule has 2 aromatic carbocycles. The predicted octanol–water partition coefficient (Wildman–Crippen LogP) is 4.93. The molecular weight excluding hydrogens is 378 g/mol. The largest absolute Gasteiger partial charge is 0.469 e. The molecule has 2 atom stereocenters. The van der Waals surface area contributed by atoms with Gasteiger partial charge in [0.15, 0.2) is 0 Å². The maximum atomic E-state index is 12.6. The molecule has 0 bridgehead atoms. The van der Waals surface area contributed by atoms with Crippen LogP contribution in [0.1, 0.15) is 44.7 Å². The Labute approximate surface area is 179 Å². The maximum absolute atomic E-state index is 12.6. The SMILES string of the molecule is COC(=O)[C@@H](CCCc1ccccc1)[C@@H](Cc1ccccc1)NC(=O)OC(C)(C)C. The number of alkyl carbamates (subject to hydrolysis) is 1. The molecule has 1 N–H and O–H groups in total. The molecule has 0 spiro atoms. The lowest BCUT2D eigenvalue weighted by molar-refractivity contribution is -0.146. The van der Waals surface area contributed by atoms with Crippen LogP contribution in [0.5, 0.6) is 0 Å². The lowest BCUT2D eigenvalue weighted by Crippen LogP contribution is -2.47. The molecule has 0 fully saturated rings. The topological polar surface area (TPSA) is 64.6 Å². The number of rotatable bonds is 9. The van der Waals surface area contributed by atoms with Gasteiger partial charge in [0.1, 0.15) is 5.60 Å². The second-order valence-electron chi connectivity index (χ2n) is 8.45. The van der Waals surface area contributed by atoms with Crippen molar-refractivity contribution in [3.8, 4) is 0 Å². The summed E-state index contributed by atoms with van der Waals surface area (Å²) in [5.41, 5.74) is 1.64. The van der Waals surface area contributed by atoms with Gasteiger partial charge in [0, 0.05) is 6.04 Å². The van der Waals surface area contributed by atoms with Crippen molar-refractivity contribution in [1.82, 2.24) is 5.32 Å². The molecule has 0 radical (unpaired) electrons. The van der Waals surface area contributed by atoms with Gasteiger partial charge in [-0.1, -0.05) is 60.7 Å². The number of hydrogen-bond acceptors (Lipinski definition) is 4. The second kappa shape index (κ2) is 11.4. The Hall–Kier alpha value is -2.82. The molecule has 0 heterocycles. The number of hydrogen-bond donors (Lipinski definition) is 1. The average Bonchev–Trinajstić information content (AvgIpc) is 2.70. The third kappa shape index (κ3) is 8.27. The molecule has 0 unspecified atom stereocenters. The van der Waals surface area contributed by atoms with E-state index in [-0.39, 0.29) is 5.97 Å². The molecule has 0 aliphatic rings. The van der Waals surface area contributed by atoms with Gasteiger partial charge < -0.3 is 14.8 Å². The maximum Gasteiger partial charge on any atom is 0.407 e. The van der Waals surface area contributed by atoms with Crippen molar-refractivity contribution < 1.29 is 19.1 Å². The highest BCUT2D eigenvalue weighted by Gasteiger charge is 2.31. The summed E-state index contributed by atoms with van der Waals surface area (Å²) in [5.74, 6) is -0.786. The first-order valence-electron chi connectivity index (χ1n) is 10.4. The monoisotopic (exact) mass is 411 g/mol. The van der Waals surface area contributed by atoms with Crippen molar-refractivity contribution in [2.24, 2.45) is 5.92 Å². The van der Waals surface area contributed by atoms with Crippen molar-refractivity contribution in [2.75, 3.05) is 7.11 Å². The number of esters is 1. The second-order valence-corrected chi connectivity index (χ2v) is 8.45. The fourth-order valence-corrected chi connectivity index (χ4v) is 3.43. The quantitative estimate of drug-likeness (QED) is 0.594. The lowest BCUT2D eigenvalue weighted by atomic mass is 9.88. The van der Waals surface area contributed by atoms with Gasteiger partial charge in [-0.25, -0.2) is 4.79 Å². The van der Waals surface area contributed by atoms with Crippen LogP contribution in [-0.4, -0.2) is 30.8 Å². The van der Waals surface area contributed by atoms with Gasteiger partial charge in [-0.15, -0.1) is 0 Å². The molecule has 0 aliphatic carbocycles. The first-order chi connectivity index (χ1) is 14.3. The van der Waals surface area contributed by atoms with E-state index in [4.69, 9.17) is 9.47 Å². The minimum atomic E-state index is -0.616. The Morgan fingerprint density at radius 2 is 1.50 bits per heavy atom. The van der Waals surface area contributed by atoms with Crippen LogP contribution in [-0.2, 0) is 27.1 Å². The van der Waals surface area contributed by atoms with E-state index >= 15 is 0 Å². The highest BCUT2D eigenvalue weighted by molar-refractivity contribution is 5.75. The van der Waals surface area contributed by atoms with E-state index in [1.54, 1.807) is 0 Å². The smallest absolute Gasteiger partial charge is 0.407 e. The number of aryl methyl sites for hydroxylation is 1. The van der Waals surface area contributed by atoms with Crippen LogP contribution in [0.4, 0.5) is 4.79 Å². The number of amides is 1. The van der Waals surface area contributed by atoms with Gasteiger partial charge in [0.05, 0.1) is 13.0 Å². The van der Waals surface area contributed by atoms with Gasteiger partial charge in [-0.3, -0.25) is 4.79 Å². The Morgan fingerprint density at radius 3 is 2.03 bits per heavy atom. The first-order valence-corrected chi connectivity index (χ1v) is 10.4. The Balaban J connectivity index is 2.15. The van der Waals surface area contributed by atoms with E-state index < -0.39 is 23.7 Å². The molecule has 2 aromatic rings. The van der Waals surface area contributed by atoms with Gasteiger partial charge in [-0.2, -0.15) is 0 Å². The highest BCUT2D eigenvalue weighted by Crippen LogP contribution is 2.20. The number of benzene rings is 2. The summed E-state index contributed by atoms with van der Waals surface area (Å²) in [6, 6.07) is 19.5. The molecule has 5 nitrogen and oxygen atoms in total. The zero-order chi connectivity index (χ0) is 22.0. The average molecular weight is 412 g/mol. The molecule has 5 heteroatoms. The van der Waals surface area contributed by atoms with Crippen LogP contribution in [0.15, 0.2) is 60.7 Å². The number of carbonyl (C=O) groups is 2. The molecule has 0 aliphatic heterocycles. The lowest BCUT2D eigenvalue weighted by Gasteiger charge is -2.28. The number of ether oxygens (including phenoxy) is 2. The molecule has 2 rings (SSSR count). The molecule has 0 saturated carbocycles. The number of carbonyl (C=O) groups excluding carboxylic acids is 2. The molecular formula is C25H33NO4. The van der Waals surface area contributed by atoms with Crippen molar-refractivity contribution in [3.05, 3.63) is 71.8 Å². The summed E-state index contributed by atoms with van der Waals surface area (Å²) in [5, 5.41) is 2.92. The van der Waals surface area contributed by atoms with Crippen LogP contribution in [0.3, 0.4) is 0 Å². The minimum Gasteiger partial charge on any atom is -0.469 e. The Morgan fingerprint density at radius 1 is 0.933 bits per heavy atom. The zero-order valence-corrected chi connectivity index (χ0v) is 18.4. The van der Waals surface area contributed by atoms with Crippen molar-refractivity contribution in [1.29, 1.82) is 0 Å². The van der Waals surface area contributed by atoms with E-state index in [0.717, 1.165) is 18.4 Å². The van der Waals surface area contributed by atoms with E-state index in [1.807, 2.05) is 69.3 Å². The fraction of sp³-hybridized carbons (Fsp3) is 0.440. The highest BCUT2D eigenvalue weighted by atomic mass is 16.6. The van der Waals surface area contributed by atoms with E-state index in [1.165, 1.54) is 12.7 Å². The summed E-state index contributed by atoms with van der Waals surface area (Å²) in [6.07, 6.45) is 2.27. The summed E-state index contributed by atoms with van der Waals surface area (Å²) >= 11 is 0. The fourth-order valence-electron chi connectivity index (χ4n) is 3.43. The van der Waals surface area contributed by atoms with Crippen molar-refractivity contribution in [3.63, 3.8) is 0 Å². The number of nitrogens with one attached hydrogen (secondary N) is 1. The minimum absolute atomic E-state index is 0.319. The molecule has 1 amide bonds. The summed E-state index contributed by atoms with van der Waals surface area (Å²) in [6.45, 7) is 5.45. The van der Waals surface area contributed by atoms with Gasteiger partial charge >= 0.3 is 12.1 Å². The Bertz CT molecular complexity index is 784. The molecule has 0 saturated heterocycles. The third-order valence-electron chi connectivity index (χ3n) is 4.81. The van der Waals surface area contributed by atoms with Gasteiger partial charge in [0.2, 0.25) is 0 Å². The summed E-state index contributed by atoms with van der Waals surface area (Å²) in [7, 11) is 1.39. The number of methoxy groups -OCH3 is 1. The van der Waals surface area contributed by atoms with E-state index in [2.05, 4.69) is 17.4 Å². The van der Waals surface area contributed by atoms with E-state index in [9.17, 15) is 9.59 Å². The standard InChI is InChI=1S/C25H33NO4/c1-25(2,3)30-24(28)26-22(18-20-14-9-6-10-15-20)21(23(27)29-4)17-11-16-19-12-7-5-8-13-19/h5-10,12-15,21-22H,11,16-18H2,1-4H3,(H,26,28)/t21-,22+/m0/s1. The van der Waals surface area contributed by atoms with Crippen molar-refractivity contribution in [2.45, 2.75) is 58.1 Å². The van der Waals surface area contributed by atoms with Gasteiger partial charge in [0.25, 0.3) is 0 Å². The normalized spacial score (nSPS) is 13.2. The zero-order valence-electron chi connectivity index (χ0n) is 18.4. The molecule has 30 heavy (non-hydrogen) atoms. The predicted molar refractivity (Wildman–Crippen MR) is 118 cm³/mol. The van der Waals surface area contributed by atoms with Crippen LogP contribution < -0.4 is 5.32 Å². The van der Waals surface area contributed by atoms with Crippen LogP contribution in [0, 0.1) is 5.92 Å². The van der Waals surface area contributed by atoms with Crippen molar-refractivity contribution >= 4 is 12.1 Å². The first kappa shape index (κ1) is 23.5. The molecule has 0 aromatic heterocycles. The Kier molecular flexibility index (Phi) is 8.90. The molecule has 162 valence electrons. The summed E-state index contributed by atoms with van der Waals surface area (Å²) < 4.78 is 10.5. The third-order valence-corrected chi connectivity index (χ3v) is 4.81.